The van der Waals surface area contributed by atoms with Crippen LogP contribution in [0.5, 0.6) is 0 Å². The van der Waals surface area contributed by atoms with E-state index in [2.05, 4.69) is 67.8 Å². The molecule has 9 N–H and O–H groups in total. The zero-order chi connectivity index (χ0) is 60.2. The van der Waals surface area contributed by atoms with Crippen LogP contribution in [0.3, 0.4) is 0 Å². The lowest BCUT2D eigenvalue weighted by atomic mass is 9.97. The van der Waals surface area contributed by atoms with Crippen LogP contribution in [-0.2, 0) is 23.7 Å². The lowest BCUT2D eigenvalue weighted by molar-refractivity contribution is -0.359. The molecule has 2 rings (SSSR count). The smallest absolute Gasteiger partial charge is 0.220 e. The molecule has 2 saturated heterocycles. The Morgan fingerprint density at radius 3 is 1.33 bits per heavy atom. The van der Waals surface area contributed by atoms with Gasteiger partial charge in [0.05, 0.1) is 32.0 Å². The molecule has 0 saturated carbocycles. The molecule has 0 aromatic carbocycles. The normalized spacial score (nSPS) is 24.2. The summed E-state index contributed by atoms with van der Waals surface area (Å²) in [5.74, 6) is -0.259. The molecule has 14 nitrogen and oxygen atoms in total. The zero-order valence-electron chi connectivity index (χ0n) is 52.4. The van der Waals surface area contributed by atoms with Crippen molar-refractivity contribution < 1.29 is 64.6 Å². The summed E-state index contributed by atoms with van der Waals surface area (Å²) in [6, 6.07) is -0.940. The molecular weight excluding hydrogens is 1050 g/mol. The number of ether oxygens (including phenoxy) is 4. The average molecular weight is 1180 g/mol. The predicted molar refractivity (Wildman–Crippen MR) is 337 cm³/mol. The van der Waals surface area contributed by atoms with Crippen molar-refractivity contribution in [1.29, 1.82) is 0 Å². The van der Waals surface area contributed by atoms with Gasteiger partial charge in [0.15, 0.2) is 12.6 Å². The second-order valence-electron chi connectivity index (χ2n) is 23.9. The minimum atomic E-state index is -1.79. The number of nitrogens with one attached hydrogen (secondary N) is 1. The molecule has 0 radical (unpaired) electrons. The van der Waals surface area contributed by atoms with E-state index >= 15 is 0 Å². The Bertz CT molecular complexity index is 1620. The second-order valence-corrected chi connectivity index (χ2v) is 23.9. The van der Waals surface area contributed by atoms with Crippen molar-refractivity contribution in [2.24, 2.45) is 0 Å². The van der Waals surface area contributed by atoms with Crippen molar-refractivity contribution in [2.45, 2.75) is 351 Å². The molecule has 2 heterocycles. The van der Waals surface area contributed by atoms with Crippen molar-refractivity contribution in [3.8, 4) is 0 Å². The first kappa shape index (κ1) is 76.8. The molecule has 0 aromatic heterocycles. The van der Waals surface area contributed by atoms with Crippen LogP contribution in [-0.4, -0.2) is 140 Å². The van der Waals surface area contributed by atoms with Gasteiger partial charge in [-0.25, -0.2) is 0 Å². The molecule has 0 aliphatic carbocycles. The number of allylic oxidation sites excluding steroid dienone is 9. The fourth-order valence-electron chi connectivity index (χ4n) is 11.0. The van der Waals surface area contributed by atoms with Gasteiger partial charge >= 0.3 is 0 Å². The number of unbranched alkanes of at least 4 members (excludes halogenated alkanes) is 34. The van der Waals surface area contributed by atoms with Gasteiger partial charge in [-0.1, -0.05) is 267 Å². The molecule has 14 heteroatoms. The fraction of sp³-hybridized carbons (Fsp3) is 0.841. The molecule has 12 unspecified atom stereocenters. The van der Waals surface area contributed by atoms with Crippen molar-refractivity contribution in [2.75, 3.05) is 19.8 Å². The monoisotopic (exact) mass is 1180 g/mol. The first-order chi connectivity index (χ1) is 40.6. The Balaban J connectivity index is 1.68. The maximum absolute atomic E-state index is 13.3. The fourth-order valence-corrected chi connectivity index (χ4v) is 11.0. The van der Waals surface area contributed by atoms with Gasteiger partial charge in [-0.15, -0.1) is 0 Å². The highest BCUT2D eigenvalue weighted by molar-refractivity contribution is 5.76. The minimum absolute atomic E-state index is 0.259. The zero-order valence-corrected chi connectivity index (χ0v) is 52.4. The molecular formula is C69H125NO13. The van der Waals surface area contributed by atoms with E-state index in [1.165, 1.54) is 173 Å². The van der Waals surface area contributed by atoms with E-state index in [1.807, 2.05) is 6.08 Å². The van der Waals surface area contributed by atoms with Crippen molar-refractivity contribution in [3.63, 3.8) is 0 Å². The molecule has 83 heavy (non-hydrogen) atoms. The van der Waals surface area contributed by atoms with Gasteiger partial charge in [-0.2, -0.15) is 0 Å². The maximum Gasteiger partial charge on any atom is 0.220 e. The highest BCUT2D eigenvalue weighted by Gasteiger charge is 2.51. The molecule has 2 fully saturated rings. The Hall–Kier alpha value is -2.31. The third-order valence-electron chi connectivity index (χ3n) is 16.4. The number of amides is 1. The molecule has 12 atom stereocenters. The highest BCUT2D eigenvalue weighted by Crippen LogP contribution is 2.30. The van der Waals surface area contributed by atoms with Crippen LogP contribution in [0.1, 0.15) is 277 Å². The standard InChI is InChI=1S/C69H125NO13/c1-3-5-7-9-11-13-15-17-19-21-22-23-24-25-26-27-28-29-30-31-32-33-34-35-37-38-40-42-44-46-48-50-52-58(73)57(70-61(74)53-51-49-47-45-43-41-39-36-20-18-16-14-12-10-8-6-4-2)56-80-68-66(79)64(77)67(60(55-72)82-68)83-69-65(78)63(76)62(75)59(54-71)81-69/h6,8,12,14,18,20,42,44,50,52,57-60,62-69,71-73,75-79H,3-5,7,9-11,13,15-17,19,21-41,43,45-49,51,53-56H2,1-2H3,(H,70,74)/b8-6-,14-12-,20-18-,44-42+,52-50+. The van der Waals surface area contributed by atoms with Gasteiger partial charge in [-0.3, -0.25) is 4.79 Å². The summed E-state index contributed by atoms with van der Waals surface area (Å²) >= 11 is 0. The molecule has 0 aromatic rings. The quantitative estimate of drug-likeness (QED) is 0.0204. The van der Waals surface area contributed by atoms with Crippen molar-refractivity contribution in [1.82, 2.24) is 5.32 Å². The summed E-state index contributed by atoms with van der Waals surface area (Å²) in [5.41, 5.74) is 0. The molecule has 2 aliphatic rings. The Morgan fingerprint density at radius 2 is 0.843 bits per heavy atom. The van der Waals surface area contributed by atoms with Gasteiger partial charge in [0, 0.05) is 6.42 Å². The van der Waals surface area contributed by atoms with E-state index in [1.54, 1.807) is 6.08 Å². The summed E-state index contributed by atoms with van der Waals surface area (Å²) in [7, 11) is 0. The van der Waals surface area contributed by atoms with Crippen molar-refractivity contribution >= 4 is 5.91 Å². The van der Waals surface area contributed by atoms with Crippen molar-refractivity contribution in [3.05, 3.63) is 60.8 Å². The number of aliphatic hydroxyl groups excluding tert-OH is 8. The van der Waals surface area contributed by atoms with Crippen LogP contribution >= 0.6 is 0 Å². The third-order valence-corrected chi connectivity index (χ3v) is 16.4. The summed E-state index contributed by atoms with van der Waals surface area (Å²) in [4.78, 5) is 13.3. The van der Waals surface area contributed by atoms with E-state index in [0.29, 0.717) is 12.8 Å². The number of rotatable bonds is 55. The summed E-state index contributed by atoms with van der Waals surface area (Å²) < 4.78 is 22.8. The Kier molecular flexibility index (Phi) is 49.9. The number of hydrogen-bond donors (Lipinski definition) is 9. The second kappa shape index (κ2) is 53.9. The summed E-state index contributed by atoms with van der Waals surface area (Å²) in [6.07, 6.45) is 54.4. The van der Waals surface area contributed by atoms with Gasteiger partial charge in [0.25, 0.3) is 0 Å². The summed E-state index contributed by atoms with van der Waals surface area (Å²) in [5, 5.41) is 87.3. The molecule has 1 amide bonds. The molecule has 2 aliphatic heterocycles. The van der Waals surface area contributed by atoms with E-state index in [0.717, 1.165) is 70.6 Å². The number of carbonyl (C=O) groups is 1. The van der Waals surface area contributed by atoms with Crippen LogP contribution in [0.2, 0.25) is 0 Å². The van der Waals surface area contributed by atoms with Gasteiger partial charge < -0.3 is 65.1 Å². The van der Waals surface area contributed by atoms with E-state index in [-0.39, 0.29) is 18.9 Å². The largest absolute Gasteiger partial charge is 0.394 e. The first-order valence-electron chi connectivity index (χ1n) is 34.0. The van der Waals surface area contributed by atoms with Crippen LogP contribution in [0.4, 0.5) is 0 Å². The average Bonchev–Trinajstić information content (AvgIpc) is 3.65. The maximum atomic E-state index is 13.3. The lowest BCUT2D eigenvalue weighted by Crippen LogP contribution is -2.65. The summed E-state index contributed by atoms with van der Waals surface area (Å²) in [6.45, 7) is 2.69. The van der Waals surface area contributed by atoms with Crippen LogP contribution in [0.15, 0.2) is 60.8 Å². The van der Waals surface area contributed by atoms with E-state index in [4.69, 9.17) is 18.9 Å². The van der Waals surface area contributed by atoms with E-state index in [9.17, 15) is 45.6 Å². The third kappa shape index (κ3) is 38.6. The molecule has 0 spiro atoms. The SMILES string of the molecule is CC/C=C\C/C=C\C/C=C\CCCCCCCCCC(=O)NC(COC1OC(CO)C(OC2OC(CO)C(O)C(O)C2O)C(O)C1O)C(O)/C=C/CC/C=C/CCCCCCCCCCCCCCCCCCCCCCCCCCCC. The number of aliphatic hydroxyl groups is 8. The van der Waals surface area contributed by atoms with Crippen LogP contribution < -0.4 is 5.32 Å². The van der Waals surface area contributed by atoms with Crippen LogP contribution in [0.25, 0.3) is 0 Å². The van der Waals surface area contributed by atoms with Crippen LogP contribution in [0, 0.1) is 0 Å². The number of carbonyl (C=O) groups excluding carboxylic acids is 1. The topological polar surface area (TPSA) is 228 Å². The van der Waals surface area contributed by atoms with Gasteiger partial charge in [0.1, 0.15) is 48.8 Å². The van der Waals surface area contributed by atoms with Gasteiger partial charge in [0.2, 0.25) is 5.91 Å². The Morgan fingerprint density at radius 1 is 0.446 bits per heavy atom. The predicted octanol–water partition coefficient (Wildman–Crippen LogP) is 13.3. The molecule has 484 valence electrons. The minimum Gasteiger partial charge on any atom is -0.394 e. The van der Waals surface area contributed by atoms with Gasteiger partial charge in [-0.05, 0) is 64.2 Å². The molecule has 0 bridgehead atoms. The van der Waals surface area contributed by atoms with E-state index < -0.39 is 86.8 Å². The highest BCUT2D eigenvalue weighted by atomic mass is 16.7. The number of hydrogen-bond acceptors (Lipinski definition) is 13. The first-order valence-corrected chi connectivity index (χ1v) is 34.0. The Labute approximate surface area is 505 Å². The lowest BCUT2D eigenvalue weighted by Gasteiger charge is -2.46.